The molecule has 34 heavy (non-hydrogen) atoms. The van der Waals surface area contributed by atoms with E-state index in [1.165, 1.54) is 18.2 Å². The largest absolute Gasteiger partial charge is 0.341 e. The number of para-hydroxylation sites is 2. The number of benzene rings is 2. The maximum atomic E-state index is 13.1. The minimum atomic E-state index is -0.0959. The molecule has 0 spiro atoms. The van der Waals surface area contributed by atoms with Gasteiger partial charge in [0, 0.05) is 20.1 Å². The van der Waals surface area contributed by atoms with Crippen molar-refractivity contribution in [1.29, 1.82) is 0 Å². The summed E-state index contributed by atoms with van der Waals surface area (Å²) >= 11 is 3.08. The SMILES string of the molecule is C[C@H](c1nc2ccccc2s1)N(C)C(=O)CSc1nnc(N2CCCCC2)n1-c1ccccc1. The van der Waals surface area contributed by atoms with Crippen molar-refractivity contribution in [2.45, 2.75) is 37.4 Å². The molecule has 2 aromatic heterocycles. The Kier molecular flexibility index (Phi) is 6.82. The van der Waals surface area contributed by atoms with Crippen molar-refractivity contribution in [1.82, 2.24) is 24.6 Å². The second kappa shape index (κ2) is 10.1. The van der Waals surface area contributed by atoms with Crippen molar-refractivity contribution in [3.63, 3.8) is 0 Å². The summed E-state index contributed by atoms with van der Waals surface area (Å²) in [5, 5.41) is 10.7. The molecular weight excluding hydrogens is 464 g/mol. The van der Waals surface area contributed by atoms with Gasteiger partial charge in [-0.05, 0) is 50.5 Å². The molecule has 5 rings (SSSR count). The lowest BCUT2D eigenvalue weighted by molar-refractivity contribution is -0.128. The first-order valence-corrected chi connectivity index (χ1v) is 13.4. The first-order valence-electron chi connectivity index (χ1n) is 11.6. The Labute approximate surface area is 207 Å². The van der Waals surface area contributed by atoms with Crippen molar-refractivity contribution in [3.05, 3.63) is 59.6 Å². The van der Waals surface area contributed by atoms with E-state index in [9.17, 15) is 4.79 Å². The minimum Gasteiger partial charge on any atom is -0.341 e. The Hall–Kier alpha value is -2.91. The molecule has 0 aliphatic carbocycles. The Balaban J connectivity index is 1.33. The van der Waals surface area contributed by atoms with Crippen LogP contribution in [0.5, 0.6) is 0 Å². The second-order valence-corrected chi connectivity index (χ2v) is 10.5. The first kappa shape index (κ1) is 22.9. The molecule has 7 nitrogen and oxygen atoms in total. The van der Waals surface area contributed by atoms with Crippen LogP contribution in [0.3, 0.4) is 0 Å². The highest BCUT2D eigenvalue weighted by Crippen LogP contribution is 2.31. The van der Waals surface area contributed by atoms with Gasteiger partial charge in [0.25, 0.3) is 0 Å². The molecule has 0 bridgehead atoms. The minimum absolute atomic E-state index is 0.0406. The number of nitrogens with zero attached hydrogens (tertiary/aromatic N) is 6. The standard InChI is InChI=1S/C25H28N6OS2/c1-18(23-26-20-13-7-8-14-21(20)34-23)29(2)22(32)17-33-25-28-27-24(30-15-9-4-10-16-30)31(25)19-11-5-3-6-12-19/h3,5-8,11-14,18H,4,9-10,15-17H2,1-2H3/t18-/m1/s1. The van der Waals surface area contributed by atoms with E-state index in [4.69, 9.17) is 4.98 Å². The van der Waals surface area contributed by atoms with E-state index < -0.39 is 0 Å². The number of carbonyl (C=O) groups is 1. The van der Waals surface area contributed by atoms with Gasteiger partial charge in [0.05, 0.1) is 27.7 Å². The lowest BCUT2D eigenvalue weighted by atomic mass is 10.1. The molecule has 1 aliphatic heterocycles. The highest BCUT2D eigenvalue weighted by molar-refractivity contribution is 7.99. The predicted octanol–water partition coefficient (Wildman–Crippen LogP) is 5.18. The summed E-state index contributed by atoms with van der Waals surface area (Å²) in [6, 6.07) is 18.1. The van der Waals surface area contributed by atoms with Gasteiger partial charge >= 0.3 is 0 Å². The summed E-state index contributed by atoms with van der Waals surface area (Å²) in [7, 11) is 1.85. The van der Waals surface area contributed by atoms with Gasteiger partial charge in [-0.25, -0.2) is 4.98 Å². The number of rotatable bonds is 7. The number of hydrogen-bond donors (Lipinski definition) is 0. The predicted molar refractivity (Wildman–Crippen MR) is 139 cm³/mol. The molecular formula is C25H28N6OS2. The van der Waals surface area contributed by atoms with Crippen LogP contribution in [0.15, 0.2) is 59.8 Å². The normalized spacial score (nSPS) is 14.9. The van der Waals surface area contributed by atoms with Gasteiger partial charge in [0.1, 0.15) is 5.01 Å². The number of hydrogen-bond acceptors (Lipinski definition) is 7. The van der Waals surface area contributed by atoms with E-state index in [-0.39, 0.29) is 17.7 Å². The number of anilines is 1. The highest BCUT2D eigenvalue weighted by Gasteiger charge is 2.24. The number of fused-ring (bicyclic) bond motifs is 1. The van der Waals surface area contributed by atoms with Crippen LogP contribution in [-0.4, -0.2) is 56.4 Å². The van der Waals surface area contributed by atoms with Gasteiger partial charge in [-0.2, -0.15) is 0 Å². The van der Waals surface area contributed by atoms with E-state index in [2.05, 4.69) is 37.9 Å². The summed E-state index contributed by atoms with van der Waals surface area (Å²) in [4.78, 5) is 21.9. The van der Waals surface area contributed by atoms with E-state index in [1.807, 2.05) is 50.4 Å². The average Bonchev–Trinajstić information content (AvgIpc) is 3.52. The molecule has 0 radical (unpaired) electrons. The van der Waals surface area contributed by atoms with Crippen LogP contribution in [0.4, 0.5) is 5.95 Å². The molecule has 9 heteroatoms. The lowest BCUT2D eigenvalue weighted by Crippen LogP contribution is -2.32. The topological polar surface area (TPSA) is 67.2 Å². The average molecular weight is 493 g/mol. The maximum Gasteiger partial charge on any atom is 0.233 e. The molecule has 1 fully saturated rings. The molecule has 2 aromatic carbocycles. The number of piperidine rings is 1. The van der Waals surface area contributed by atoms with Crippen molar-refractivity contribution < 1.29 is 4.79 Å². The number of amides is 1. The number of thiazole rings is 1. The fraction of sp³-hybridized carbons (Fsp3) is 0.360. The molecule has 1 amide bonds. The molecule has 0 saturated carbocycles. The summed E-state index contributed by atoms with van der Waals surface area (Å²) in [6.07, 6.45) is 3.58. The zero-order valence-corrected chi connectivity index (χ0v) is 21.1. The Morgan fingerprint density at radius 2 is 1.79 bits per heavy atom. The third kappa shape index (κ3) is 4.67. The third-order valence-electron chi connectivity index (χ3n) is 6.24. The van der Waals surface area contributed by atoms with Crippen LogP contribution in [0.2, 0.25) is 0 Å². The van der Waals surface area contributed by atoms with Crippen LogP contribution >= 0.6 is 23.1 Å². The van der Waals surface area contributed by atoms with Crippen LogP contribution in [0.1, 0.15) is 37.2 Å². The van der Waals surface area contributed by atoms with Crippen LogP contribution < -0.4 is 4.90 Å². The quantitative estimate of drug-likeness (QED) is 0.331. The molecule has 176 valence electrons. The van der Waals surface area contributed by atoms with Crippen LogP contribution in [-0.2, 0) is 4.79 Å². The summed E-state index contributed by atoms with van der Waals surface area (Å²) in [6.45, 7) is 4.00. The summed E-state index contributed by atoms with van der Waals surface area (Å²) in [5.74, 6) is 1.19. The number of thioether (sulfide) groups is 1. The zero-order chi connectivity index (χ0) is 23.5. The van der Waals surface area contributed by atoms with Gasteiger partial charge in [-0.1, -0.05) is 42.1 Å². The number of aromatic nitrogens is 4. The Morgan fingerprint density at radius 1 is 1.06 bits per heavy atom. The van der Waals surface area contributed by atoms with Crippen molar-refractivity contribution >= 4 is 45.2 Å². The van der Waals surface area contributed by atoms with Crippen molar-refractivity contribution in [3.8, 4) is 5.69 Å². The van der Waals surface area contributed by atoms with Crippen LogP contribution in [0, 0.1) is 0 Å². The Bertz CT molecular complexity index is 1230. The number of carbonyl (C=O) groups excluding carboxylic acids is 1. The van der Waals surface area contributed by atoms with E-state index >= 15 is 0 Å². The second-order valence-electron chi connectivity index (χ2n) is 8.49. The van der Waals surface area contributed by atoms with E-state index in [0.717, 1.165) is 57.9 Å². The van der Waals surface area contributed by atoms with Gasteiger partial charge in [0.15, 0.2) is 5.16 Å². The Morgan fingerprint density at radius 3 is 2.56 bits per heavy atom. The third-order valence-corrected chi connectivity index (χ3v) is 8.36. The smallest absolute Gasteiger partial charge is 0.233 e. The van der Waals surface area contributed by atoms with E-state index in [0.29, 0.717) is 0 Å². The van der Waals surface area contributed by atoms with Gasteiger partial charge in [-0.15, -0.1) is 21.5 Å². The molecule has 0 N–H and O–H groups in total. The lowest BCUT2D eigenvalue weighted by Gasteiger charge is -2.28. The maximum absolute atomic E-state index is 13.1. The molecule has 1 saturated heterocycles. The summed E-state index contributed by atoms with van der Waals surface area (Å²) in [5.41, 5.74) is 1.99. The molecule has 3 heterocycles. The molecule has 4 aromatic rings. The fourth-order valence-electron chi connectivity index (χ4n) is 4.14. The van der Waals surface area contributed by atoms with Gasteiger partial charge < -0.3 is 9.80 Å². The fourth-order valence-corrected chi connectivity index (χ4v) is 6.07. The van der Waals surface area contributed by atoms with Gasteiger partial charge in [-0.3, -0.25) is 9.36 Å². The first-order chi connectivity index (χ1) is 16.6. The zero-order valence-electron chi connectivity index (χ0n) is 19.4. The summed E-state index contributed by atoms with van der Waals surface area (Å²) < 4.78 is 3.22. The molecule has 0 unspecified atom stereocenters. The van der Waals surface area contributed by atoms with Crippen molar-refractivity contribution in [2.24, 2.45) is 0 Å². The molecule has 1 aliphatic rings. The monoisotopic (exact) mass is 492 g/mol. The molecule has 1 atom stereocenters. The van der Waals surface area contributed by atoms with Crippen LogP contribution in [0.25, 0.3) is 15.9 Å². The highest BCUT2D eigenvalue weighted by atomic mass is 32.2. The van der Waals surface area contributed by atoms with E-state index in [1.54, 1.807) is 16.2 Å². The van der Waals surface area contributed by atoms with Gasteiger partial charge in [0.2, 0.25) is 11.9 Å². The van der Waals surface area contributed by atoms with Crippen molar-refractivity contribution in [2.75, 3.05) is 30.8 Å².